The summed E-state index contributed by atoms with van der Waals surface area (Å²) in [5.41, 5.74) is 5.95. The number of pyridine rings is 1. The average Bonchev–Trinajstić information content (AvgIpc) is 3.58. The number of nitrogens with one attached hydrogen (secondary N) is 1. The Morgan fingerprint density at radius 2 is 2.17 bits per heavy atom. The van der Waals surface area contributed by atoms with Gasteiger partial charge in [-0.05, 0) is 46.1 Å². The van der Waals surface area contributed by atoms with E-state index in [1.54, 1.807) is 12.4 Å². The fraction of sp³-hybridized carbons (Fsp3) is 0.462. The minimum atomic E-state index is -0.406. The molecule has 1 aliphatic carbocycles. The largest absolute Gasteiger partial charge is 0.473 e. The van der Waals surface area contributed by atoms with Crippen LogP contribution in [0.5, 0.6) is 5.88 Å². The molecule has 10 nitrogen and oxygen atoms in total. The number of anilines is 2. The van der Waals surface area contributed by atoms with Gasteiger partial charge in [0.05, 0.1) is 11.2 Å². The first-order valence-electron chi connectivity index (χ1n) is 12.2. The Hall–Kier alpha value is -3.66. The predicted octanol–water partition coefficient (Wildman–Crippen LogP) is 4.36. The minimum absolute atomic E-state index is 0.176. The van der Waals surface area contributed by atoms with Crippen LogP contribution in [0.15, 0.2) is 55.1 Å². The van der Waals surface area contributed by atoms with E-state index in [0.29, 0.717) is 31.3 Å². The van der Waals surface area contributed by atoms with Crippen molar-refractivity contribution in [1.82, 2.24) is 24.3 Å². The van der Waals surface area contributed by atoms with E-state index in [0.717, 1.165) is 24.4 Å². The van der Waals surface area contributed by atoms with E-state index >= 15 is 0 Å². The molecule has 10 heteroatoms. The second-order valence-corrected chi connectivity index (χ2v) is 10.3. The second-order valence-electron chi connectivity index (χ2n) is 10.3. The van der Waals surface area contributed by atoms with Gasteiger partial charge < -0.3 is 20.5 Å². The van der Waals surface area contributed by atoms with Gasteiger partial charge in [-0.1, -0.05) is 25.1 Å². The molecule has 0 aliphatic heterocycles. The summed E-state index contributed by atoms with van der Waals surface area (Å²) in [6.07, 6.45) is 10.1. The molecule has 3 N–H and O–H groups in total. The number of nitrogens with zero attached hydrogens (tertiary/aromatic N) is 5. The summed E-state index contributed by atoms with van der Waals surface area (Å²) < 4.78 is 14.8. The van der Waals surface area contributed by atoms with Gasteiger partial charge in [0.2, 0.25) is 5.88 Å². The lowest BCUT2D eigenvalue weighted by Gasteiger charge is -2.24. The lowest BCUT2D eigenvalue weighted by molar-refractivity contribution is 0.0988. The fourth-order valence-electron chi connectivity index (χ4n) is 4.36. The molecule has 1 saturated carbocycles. The zero-order valence-electron chi connectivity index (χ0n) is 21.3. The maximum absolute atomic E-state index is 12.4. The highest BCUT2D eigenvalue weighted by Gasteiger charge is 2.41. The molecule has 1 unspecified atom stereocenters. The topological polar surface area (TPSA) is 122 Å². The summed E-state index contributed by atoms with van der Waals surface area (Å²) in [4.78, 5) is 20.9. The number of aromatic nitrogens is 5. The molecule has 0 bridgehead atoms. The fourth-order valence-corrected chi connectivity index (χ4v) is 4.36. The van der Waals surface area contributed by atoms with Crippen molar-refractivity contribution in [2.45, 2.75) is 64.0 Å². The van der Waals surface area contributed by atoms with Crippen LogP contribution in [0.4, 0.5) is 16.4 Å². The molecule has 192 valence electrons. The monoisotopic (exact) mass is 493 g/mol. The minimum Gasteiger partial charge on any atom is -0.473 e. The average molecular weight is 494 g/mol. The van der Waals surface area contributed by atoms with Crippen molar-refractivity contribution < 1.29 is 14.3 Å². The molecule has 0 saturated heterocycles. The molecule has 3 aromatic rings. The van der Waals surface area contributed by atoms with E-state index in [1.165, 1.54) is 10.9 Å². The number of hydrogen-bond acceptors (Lipinski definition) is 8. The molecular formula is C26H35N7O3. The van der Waals surface area contributed by atoms with Gasteiger partial charge in [-0.15, -0.1) is 0 Å². The van der Waals surface area contributed by atoms with Gasteiger partial charge in [-0.2, -0.15) is 10.1 Å². The first-order valence-corrected chi connectivity index (χ1v) is 12.2. The molecule has 1 aliphatic rings. The summed E-state index contributed by atoms with van der Waals surface area (Å²) in [5, 5.41) is 8.43. The van der Waals surface area contributed by atoms with Crippen molar-refractivity contribution in [2.24, 2.45) is 5.73 Å². The zero-order chi connectivity index (χ0) is 25.8. The Kier molecular flexibility index (Phi) is 7.44. The molecule has 0 amide bonds. The van der Waals surface area contributed by atoms with Crippen LogP contribution in [0.1, 0.15) is 52.7 Å². The van der Waals surface area contributed by atoms with Crippen molar-refractivity contribution >= 4 is 17.7 Å². The molecular weight excluding hydrogens is 458 g/mol. The van der Waals surface area contributed by atoms with Crippen LogP contribution in [-0.2, 0) is 15.7 Å². The lowest BCUT2D eigenvalue weighted by atomic mass is 9.85. The molecule has 2 atom stereocenters. The van der Waals surface area contributed by atoms with Crippen molar-refractivity contribution in [3.05, 3.63) is 60.8 Å². The molecule has 0 radical (unpaired) electrons. The summed E-state index contributed by atoms with van der Waals surface area (Å²) in [6.45, 7) is 9.39. The molecule has 4 rings (SSSR count). The van der Waals surface area contributed by atoms with E-state index in [-0.39, 0.29) is 17.1 Å². The quantitative estimate of drug-likeness (QED) is 0.444. The van der Waals surface area contributed by atoms with Crippen LogP contribution < -0.4 is 15.8 Å². The summed E-state index contributed by atoms with van der Waals surface area (Å²) in [5.74, 6) is 2.02. The first kappa shape index (κ1) is 25.4. The number of nitrogens with two attached hydrogens (primary N) is 1. The third kappa shape index (κ3) is 5.93. The van der Waals surface area contributed by atoms with Crippen molar-refractivity contribution in [2.75, 3.05) is 18.5 Å². The molecule has 1 fully saturated rings. The van der Waals surface area contributed by atoms with Crippen molar-refractivity contribution in [3.63, 3.8) is 0 Å². The number of imidazole rings is 1. The lowest BCUT2D eigenvalue weighted by Crippen LogP contribution is -2.27. The van der Waals surface area contributed by atoms with Gasteiger partial charge in [0.15, 0.2) is 0 Å². The van der Waals surface area contributed by atoms with Crippen LogP contribution in [0.3, 0.4) is 0 Å². The van der Waals surface area contributed by atoms with Crippen LogP contribution in [0.25, 0.3) is 0 Å². The van der Waals surface area contributed by atoms with Crippen LogP contribution in [0.2, 0.25) is 0 Å². The van der Waals surface area contributed by atoms with Crippen LogP contribution >= 0.6 is 0 Å². The Morgan fingerprint density at radius 1 is 1.33 bits per heavy atom. The standard InChI is InChI=1S/C26H35N7O3/c1-25(2,3)33-22(29-21-8-7-9-23(30-21)35-15-6-5-12-27)16-20(31-33)26(4)11-10-19(17-26)36-24(34)32-14-13-28-18-32/h5-9,13-14,16,18-19H,10-12,15,17,27H2,1-4H3,(H,29,30)/b6-5-/t19?,26-/m0/s1. The van der Waals surface area contributed by atoms with Gasteiger partial charge in [-0.25, -0.2) is 19.0 Å². The van der Waals surface area contributed by atoms with E-state index in [4.69, 9.17) is 20.3 Å². The summed E-state index contributed by atoms with van der Waals surface area (Å²) >= 11 is 0. The summed E-state index contributed by atoms with van der Waals surface area (Å²) in [7, 11) is 0. The van der Waals surface area contributed by atoms with E-state index in [1.807, 2.05) is 35.0 Å². The van der Waals surface area contributed by atoms with Gasteiger partial charge in [-0.3, -0.25) is 0 Å². The Morgan fingerprint density at radius 3 is 2.89 bits per heavy atom. The van der Waals surface area contributed by atoms with Crippen LogP contribution in [-0.4, -0.2) is 49.7 Å². The van der Waals surface area contributed by atoms with E-state index < -0.39 is 6.09 Å². The number of rotatable bonds is 8. The van der Waals surface area contributed by atoms with Crippen molar-refractivity contribution in [3.8, 4) is 5.88 Å². The molecule has 0 spiro atoms. The van der Waals surface area contributed by atoms with Gasteiger partial charge in [0, 0.05) is 36.5 Å². The van der Waals surface area contributed by atoms with Gasteiger partial charge in [0.25, 0.3) is 0 Å². The van der Waals surface area contributed by atoms with E-state index in [2.05, 4.69) is 49.0 Å². The smallest absolute Gasteiger partial charge is 0.419 e. The normalized spacial score (nSPS) is 20.1. The van der Waals surface area contributed by atoms with Crippen molar-refractivity contribution in [1.29, 1.82) is 0 Å². The molecule has 3 heterocycles. The number of carbonyl (C=O) groups excluding carboxylic acids is 1. The SMILES string of the molecule is CC(C)(C)n1nc([C@@]2(C)CCC(OC(=O)n3ccnc3)C2)cc1Nc1cccc(OC/C=C\CN)n1. The number of ether oxygens (including phenoxy) is 2. The second kappa shape index (κ2) is 10.5. The van der Waals surface area contributed by atoms with Crippen LogP contribution in [0, 0.1) is 0 Å². The zero-order valence-corrected chi connectivity index (χ0v) is 21.3. The maximum atomic E-state index is 12.4. The highest BCUT2D eigenvalue weighted by molar-refractivity contribution is 5.70. The van der Waals surface area contributed by atoms with E-state index in [9.17, 15) is 4.79 Å². The number of carbonyl (C=O) groups is 1. The highest BCUT2D eigenvalue weighted by Crippen LogP contribution is 2.43. The Bertz CT molecular complexity index is 1200. The molecule has 3 aromatic heterocycles. The first-order chi connectivity index (χ1) is 17.2. The molecule has 0 aromatic carbocycles. The third-order valence-corrected chi connectivity index (χ3v) is 6.25. The van der Waals surface area contributed by atoms with Gasteiger partial charge in [0.1, 0.15) is 30.7 Å². The Labute approximate surface area is 211 Å². The third-order valence-electron chi connectivity index (χ3n) is 6.25. The Balaban J connectivity index is 1.51. The van der Waals surface area contributed by atoms with Gasteiger partial charge >= 0.3 is 6.09 Å². The predicted molar refractivity (Wildman–Crippen MR) is 138 cm³/mol. The summed E-state index contributed by atoms with van der Waals surface area (Å²) in [6, 6.07) is 7.68. The number of hydrogen-bond donors (Lipinski definition) is 2. The molecule has 36 heavy (non-hydrogen) atoms. The highest BCUT2D eigenvalue weighted by atomic mass is 16.6. The maximum Gasteiger partial charge on any atom is 0.419 e.